The van der Waals surface area contributed by atoms with Crippen molar-refractivity contribution in [2.75, 3.05) is 0 Å². The number of fused-ring (bicyclic) bond motifs is 1. The molecule has 1 heterocycles. The van der Waals surface area contributed by atoms with Gasteiger partial charge in [-0.1, -0.05) is 0 Å². The Balaban J connectivity index is 2.98. The zero-order valence-corrected chi connectivity index (χ0v) is 8.35. The third-order valence-electron chi connectivity index (χ3n) is 2.23. The van der Waals surface area contributed by atoms with Gasteiger partial charge in [0.15, 0.2) is 0 Å². The van der Waals surface area contributed by atoms with Gasteiger partial charge in [0.05, 0.1) is 21.9 Å². The molecule has 1 aromatic heterocycles. The van der Waals surface area contributed by atoms with Crippen molar-refractivity contribution in [3.8, 4) is 12.1 Å². The lowest BCUT2D eigenvalue weighted by molar-refractivity contribution is 1.38. The highest BCUT2D eigenvalue weighted by molar-refractivity contribution is 7.17. The van der Waals surface area contributed by atoms with Crippen LogP contribution in [0.25, 0.3) is 10.1 Å². The van der Waals surface area contributed by atoms with Crippen molar-refractivity contribution < 1.29 is 0 Å². The van der Waals surface area contributed by atoms with Crippen LogP contribution in [0.4, 0.5) is 0 Å². The second kappa shape index (κ2) is 3.14. The van der Waals surface area contributed by atoms with Gasteiger partial charge in [0.2, 0.25) is 0 Å². The molecule has 3 heteroatoms. The number of hydrogen-bond donors (Lipinski definition) is 0. The Bertz CT molecular complexity index is 582. The van der Waals surface area contributed by atoms with Crippen molar-refractivity contribution in [1.29, 1.82) is 10.5 Å². The molecular formula is C11H6N2S. The first kappa shape index (κ1) is 8.74. The molecule has 0 N–H and O–H groups in total. The fourth-order valence-electron chi connectivity index (χ4n) is 1.46. The summed E-state index contributed by atoms with van der Waals surface area (Å²) in [6.45, 7) is 1.82. The van der Waals surface area contributed by atoms with E-state index in [0.717, 1.165) is 15.6 Å². The van der Waals surface area contributed by atoms with Gasteiger partial charge >= 0.3 is 0 Å². The molecule has 14 heavy (non-hydrogen) atoms. The molecule has 0 atom stereocenters. The Hall–Kier alpha value is -1.84. The van der Waals surface area contributed by atoms with E-state index in [-0.39, 0.29) is 0 Å². The Morgan fingerprint density at radius 1 is 1.29 bits per heavy atom. The van der Waals surface area contributed by atoms with Crippen LogP contribution in [-0.4, -0.2) is 0 Å². The van der Waals surface area contributed by atoms with Crippen molar-refractivity contribution in [3.05, 3.63) is 34.2 Å². The third kappa shape index (κ3) is 1.08. The average Bonchev–Trinajstić information content (AvgIpc) is 2.64. The van der Waals surface area contributed by atoms with E-state index in [4.69, 9.17) is 10.5 Å². The molecule has 0 unspecified atom stereocenters. The van der Waals surface area contributed by atoms with Crippen LogP contribution in [0, 0.1) is 29.6 Å². The summed E-state index contributed by atoms with van der Waals surface area (Å²) in [5, 5.41) is 20.8. The fourth-order valence-corrected chi connectivity index (χ4v) is 2.39. The molecule has 0 aliphatic heterocycles. The van der Waals surface area contributed by atoms with Crippen LogP contribution >= 0.6 is 11.3 Å². The largest absolute Gasteiger partial charge is 0.192 e. The van der Waals surface area contributed by atoms with Crippen LogP contribution in [0.2, 0.25) is 0 Å². The van der Waals surface area contributed by atoms with Crippen LogP contribution in [-0.2, 0) is 0 Å². The first-order valence-corrected chi connectivity index (χ1v) is 4.97. The summed E-state index contributed by atoms with van der Waals surface area (Å²) in [6, 6.07) is 8.03. The maximum Gasteiger partial charge on any atom is 0.101 e. The highest BCUT2D eigenvalue weighted by Gasteiger charge is 2.09. The van der Waals surface area contributed by atoms with Gasteiger partial charge < -0.3 is 0 Å². The van der Waals surface area contributed by atoms with Crippen molar-refractivity contribution >= 4 is 21.4 Å². The molecule has 0 spiro atoms. The molecule has 0 aliphatic carbocycles. The smallest absolute Gasteiger partial charge is 0.101 e. The summed E-state index contributed by atoms with van der Waals surface area (Å²) in [6.07, 6.45) is 0. The van der Waals surface area contributed by atoms with Gasteiger partial charge in [-0.05, 0) is 35.4 Å². The highest BCUT2D eigenvalue weighted by Crippen LogP contribution is 2.28. The topological polar surface area (TPSA) is 47.6 Å². The predicted octanol–water partition coefficient (Wildman–Crippen LogP) is 2.95. The lowest BCUT2D eigenvalue weighted by Crippen LogP contribution is -1.87. The van der Waals surface area contributed by atoms with E-state index in [1.54, 1.807) is 0 Å². The zero-order chi connectivity index (χ0) is 10.1. The average molecular weight is 198 g/mol. The molecule has 0 bridgehead atoms. The SMILES string of the molecule is Cc1c(C#N)cc2ccsc2c1C#N. The minimum absolute atomic E-state index is 0.590. The van der Waals surface area contributed by atoms with E-state index in [9.17, 15) is 0 Å². The maximum atomic E-state index is 9.00. The van der Waals surface area contributed by atoms with E-state index >= 15 is 0 Å². The summed E-state index contributed by atoms with van der Waals surface area (Å²) in [5.41, 5.74) is 2.01. The van der Waals surface area contributed by atoms with Crippen molar-refractivity contribution in [1.82, 2.24) is 0 Å². The standard InChI is InChI=1S/C11H6N2S/c1-7-9(5-12)4-8-2-3-14-11(8)10(7)6-13/h2-4H,1H3. The number of benzene rings is 1. The summed E-state index contributed by atoms with van der Waals surface area (Å²) in [4.78, 5) is 0. The molecule has 0 amide bonds. The van der Waals surface area contributed by atoms with Gasteiger partial charge in [0, 0.05) is 0 Å². The van der Waals surface area contributed by atoms with Gasteiger partial charge in [0.1, 0.15) is 6.07 Å². The quantitative estimate of drug-likeness (QED) is 0.653. The first-order chi connectivity index (χ1) is 6.77. The van der Waals surface area contributed by atoms with Crippen molar-refractivity contribution in [3.63, 3.8) is 0 Å². The number of nitrogens with zero attached hydrogens (tertiary/aromatic N) is 2. The molecule has 0 saturated heterocycles. The lowest BCUT2D eigenvalue weighted by Gasteiger charge is -2.00. The van der Waals surface area contributed by atoms with E-state index in [0.29, 0.717) is 11.1 Å². The van der Waals surface area contributed by atoms with Gasteiger partial charge in [-0.2, -0.15) is 10.5 Å². The van der Waals surface area contributed by atoms with Crippen LogP contribution in [0.15, 0.2) is 17.5 Å². The van der Waals surface area contributed by atoms with Crippen LogP contribution in [0.5, 0.6) is 0 Å². The van der Waals surface area contributed by atoms with Gasteiger partial charge in [-0.3, -0.25) is 0 Å². The third-order valence-corrected chi connectivity index (χ3v) is 3.18. The molecule has 2 rings (SSSR count). The lowest BCUT2D eigenvalue weighted by atomic mass is 10.0. The molecule has 1 aromatic carbocycles. The van der Waals surface area contributed by atoms with Gasteiger partial charge in [-0.25, -0.2) is 0 Å². The Kier molecular flexibility index (Phi) is 1.96. The summed E-state index contributed by atoms with van der Waals surface area (Å²) >= 11 is 1.54. The summed E-state index contributed by atoms with van der Waals surface area (Å²) < 4.78 is 0.976. The minimum atomic E-state index is 0.590. The van der Waals surface area contributed by atoms with Crippen molar-refractivity contribution in [2.45, 2.75) is 6.92 Å². The number of hydrogen-bond acceptors (Lipinski definition) is 3. The number of nitriles is 2. The van der Waals surface area contributed by atoms with E-state index in [2.05, 4.69) is 12.1 Å². The minimum Gasteiger partial charge on any atom is -0.192 e. The monoisotopic (exact) mass is 198 g/mol. The van der Waals surface area contributed by atoms with Crippen molar-refractivity contribution in [2.24, 2.45) is 0 Å². The van der Waals surface area contributed by atoms with Crippen LogP contribution < -0.4 is 0 Å². The van der Waals surface area contributed by atoms with Gasteiger partial charge in [-0.15, -0.1) is 11.3 Å². The molecule has 0 radical (unpaired) electrons. The molecule has 2 aromatic rings. The molecule has 0 fully saturated rings. The molecule has 66 valence electrons. The molecule has 0 aliphatic rings. The fraction of sp³-hybridized carbons (Fsp3) is 0.0909. The Labute approximate surface area is 85.6 Å². The van der Waals surface area contributed by atoms with Gasteiger partial charge in [0.25, 0.3) is 0 Å². The van der Waals surface area contributed by atoms with Crippen LogP contribution in [0.1, 0.15) is 16.7 Å². The highest BCUT2D eigenvalue weighted by atomic mass is 32.1. The summed E-state index contributed by atoms with van der Waals surface area (Å²) in [7, 11) is 0. The Morgan fingerprint density at radius 2 is 2.07 bits per heavy atom. The molecular weight excluding hydrogens is 192 g/mol. The number of rotatable bonds is 0. The molecule has 0 saturated carbocycles. The van der Waals surface area contributed by atoms with E-state index < -0.39 is 0 Å². The Morgan fingerprint density at radius 3 is 2.71 bits per heavy atom. The van der Waals surface area contributed by atoms with Crippen LogP contribution in [0.3, 0.4) is 0 Å². The van der Waals surface area contributed by atoms with E-state index in [1.165, 1.54) is 11.3 Å². The molecule has 2 nitrogen and oxygen atoms in total. The predicted molar refractivity (Wildman–Crippen MR) is 56.0 cm³/mol. The van der Waals surface area contributed by atoms with E-state index in [1.807, 2.05) is 24.4 Å². The normalized spacial score (nSPS) is 9.64. The second-order valence-corrected chi connectivity index (χ2v) is 3.90. The maximum absolute atomic E-state index is 9.00. The second-order valence-electron chi connectivity index (χ2n) is 2.99. The number of thiophene rings is 1. The summed E-state index contributed by atoms with van der Waals surface area (Å²) in [5.74, 6) is 0. The first-order valence-electron chi connectivity index (χ1n) is 4.09. The zero-order valence-electron chi connectivity index (χ0n) is 7.53.